The Morgan fingerprint density at radius 3 is 2.61 bits per heavy atom. The van der Waals surface area contributed by atoms with E-state index in [0.29, 0.717) is 37.1 Å². The van der Waals surface area contributed by atoms with Crippen LogP contribution >= 0.6 is 0 Å². The lowest BCUT2D eigenvalue weighted by Crippen LogP contribution is -2.43. The molecule has 0 radical (unpaired) electrons. The minimum Gasteiger partial charge on any atom is -0.486 e. The molecule has 1 fully saturated rings. The van der Waals surface area contributed by atoms with Gasteiger partial charge in [0.25, 0.3) is 0 Å². The highest BCUT2D eigenvalue weighted by molar-refractivity contribution is 7.89. The van der Waals surface area contributed by atoms with Gasteiger partial charge in [-0.2, -0.15) is 9.57 Å². The summed E-state index contributed by atoms with van der Waals surface area (Å²) in [6.07, 6.45) is 1.89. The number of fused-ring (bicyclic) bond motifs is 1. The molecule has 2 heterocycles. The molecule has 0 aliphatic carbocycles. The molecule has 1 saturated heterocycles. The van der Waals surface area contributed by atoms with Crippen LogP contribution in [-0.2, 0) is 10.0 Å². The molecule has 0 saturated carbocycles. The Hall–Kier alpha value is -2.69. The Balaban J connectivity index is 1.60. The largest absolute Gasteiger partial charge is 0.486 e. The average molecular weight is 396 g/mol. The summed E-state index contributed by atoms with van der Waals surface area (Å²) in [6, 6.07) is 15.4. The first-order valence-corrected chi connectivity index (χ1v) is 10.7. The fourth-order valence-corrected chi connectivity index (χ4v) is 5.65. The Morgan fingerprint density at radius 1 is 1.04 bits per heavy atom. The summed E-state index contributed by atoms with van der Waals surface area (Å²) in [4.78, 5) is 12.6. The van der Waals surface area contributed by atoms with Crippen LogP contribution < -0.4 is 4.74 Å². The number of Topliss-reactive ketones (excluding diaryl/α,β-unsaturated/α-hetero) is 1. The Morgan fingerprint density at radius 2 is 1.79 bits per heavy atom. The lowest BCUT2D eigenvalue weighted by molar-refractivity contribution is 0.0312. The van der Waals surface area contributed by atoms with E-state index >= 15 is 0 Å². The van der Waals surface area contributed by atoms with Gasteiger partial charge in [-0.05, 0) is 37.1 Å². The first-order chi connectivity index (χ1) is 13.5. The van der Waals surface area contributed by atoms with Crippen LogP contribution in [0.25, 0.3) is 0 Å². The molecular weight excluding hydrogens is 376 g/mol. The number of carbonyl (C=O) groups excluding carboxylic acids is 1. The highest BCUT2D eigenvalue weighted by Crippen LogP contribution is 2.39. The number of carbonyl (C=O) groups is 1. The number of nitrogens with zero attached hydrogens (tertiary/aromatic N) is 2. The number of rotatable bonds is 2. The van der Waals surface area contributed by atoms with E-state index in [1.54, 1.807) is 24.3 Å². The van der Waals surface area contributed by atoms with Crippen LogP contribution in [-0.4, -0.2) is 37.2 Å². The number of sulfonamides is 1. The molecule has 0 aromatic heterocycles. The predicted octanol–water partition coefficient (Wildman–Crippen LogP) is 3.14. The van der Waals surface area contributed by atoms with Crippen molar-refractivity contribution in [3.05, 3.63) is 59.7 Å². The zero-order valence-corrected chi connectivity index (χ0v) is 16.1. The van der Waals surface area contributed by atoms with Gasteiger partial charge >= 0.3 is 0 Å². The SMILES string of the molecule is N#Cc1ccccc1S(=O)(=O)N1CCCC2(CC1)CC(=O)c1ccccc1O2. The molecule has 2 aliphatic rings. The fraction of sp³-hybridized carbons (Fsp3) is 0.333. The molecule has 0 amide bonds. The van der Waals surface area contributed by atoms with Crippen LogP contribution in [0.5, 0.6) is 5.75 Å². The van der Waals surface area contributed by atoms with Crippen LogP contribution in [0, 0.1) is 11.3 Å². The third kappa shape index (κ3) is 3.19. The fourth-order valence-electron chi connectivity index (χ4n) is 4.03. The standard InChI is InChI=1S/C21H20N2O4S/c22-15-16-6-1-4-9-20(16)28(25,26)23-12-5-10-21(11-13-23)14-18(24)17-7-2-3-8-19(17)27-21/h1-4,6-9H,5,10-14H2. The smallest absolute Gasteiger partial charge is 0.244 e. The molecule has 2 aliphatic heterocycles. The van der Waals surface area contributed by atoms with Crippen molar-refractivity contribution in [2.24, 2.45) is 0 Å². The maximum atomic E-state index is 13.1. The minimum absolute atomic E-state index is 0.0273. The number of hydrogen-bond acceptors (Lipinski definition) is 5. The molecule has 7 heteroatoms. The molecule has 0 N–H and O–H groups in total. The van der Waals surface area contributed by atoms with Gasteiger partial charge in [0, 0.05) is 19.5 Å². The Bertz CT molecular complexity index is 1070. The molecule has 1 atom stereocenters. The van der Waals surface area contributed by atoms with E-state index in [9.17, 15) is 18.5 Å². The number of ketones is 1. The highest BCUT2D eigenvalue weighted by Gasteiger charge is 2.43. The normalized spacial score (nSPS) is 22.8. The van der Waals surface area contributed by atoms with Crippen LogP contribution in [0.2, 0.25) is 0 Å². The Labute approximate surface area is 164 Å². The van der Waals surface area contributed by atoms with Crippen molar-refractivity contribution in [3.63, 3.8) is 0 Å². The summed E-state index contributed by atoms with van der Waals surface area (Å²) in [5, 5.41) is 9.27. The van der Waals surface area contributed by atoms with Crippen LogP contribution in [0.4, 0.5) is 0 Å². The molecule has 1 unspecified atom stereocenters. The van der Waals surface area contributed by atoms with E-state index in [-0.39, 0.29) is 29.2 Å². The van der Waals surface area contributed by atoms with Gasteiger partial charge in [-0.25, -0.2) is 8.42 Å². The van der Waals surface area contributed by atoms with Crippen LogP contribution in [0.3, 0.4) is 0 Å². The van der Waals surface area contributed by atoms with Gasteiger partial charge in [0.2, 0.25) is 10.0 Å². The highest BCUT2D eigenvalue weighted by atomic mass is 32.2. The van der Waals surface area contributed by atoms with Gasteiger partial charge in [0.15, 0.2) is 5.78 Å². The van der Waals surface area contributed by atoms with Gasteiger partial charge in [0.05, 0.1) is 22.4 Å². The number of hydrogen-bond donors (Lipinski definition) is 0. The summed E-state index contributed by atoms with van der Waals surface area (Å²) in [5.74, 6) is 0.609. The van der Waals surface area contributed by atoms with Gasteiger partial charge in [-0.15, -0.1) is 0 Å². The predicted molar refractivity (Wildman–Crippen MR) is 103 cm³/mol. The molecule has 2 aromatic rings. The lowest BCUT2D eigenvalue weighted by atomic mass is 9.84. The number of ether oxygens (including phenoxy) is 1. The molecular formula is C21H20N2O4S. The molecule has 28 heavy (non-hydrogen) atoms. The van der Waals surface area contributed by atoms with Crippen molar-refractivity contribution in [2.45, 2.75) is 36.2 Å². The number of nitriles is 1. The molecule has 2 aromatic carbocycles. The van der Waals surface area contributed by atoms with Crippen LogP contribution in [0.1, 0.15) is 41.6 Å². The monoisotopic (exact) mass is 396 g/mol. The molecule has 4 rings (SSSR count). The van der Waals surface area contributed by atoms with Crippen molar-refractivity contribution < 1.29 is 17.9 Å². The number of para-hydroxylation sites is 1. The summed E-state index contributed by atoms with van der Waals surface area (Å²) < 4.78 is 33.9. The van der Waals surface area contributed by atoms with Gasteiger partial charge in [0.1, 0.15) is 17.4 Å². The van der Waals surface area contributed by atoms with Crippen molar-refractivity contribution in [1.82, 2.24) is 4.31 Å². The second kappa shape index (κ2) is 7.04. The van der Waals surface area contributed by atoms with E-state index in [0.717, 1.165) is 0 Å². The first kappa shape index (κ1) is 18.7. The van der Waals surface area contributed by atoms with E-state index in [1.807, 2.05) is 18.2 Å². The van der Waals surface area contributed by atoms with E-state index in [4.69, 9.17) is 4.74 Å². The maximum Gasteiger partial charge on any atom is 0.244 e. The van der Waals surface area contributed by atoms with Gasteiger partial charge in [-0.3, -0.25) is 4.79 Å². The second-order valence-corrected chi connectivity index (χ2v) is 9.15. The van der Waals surface area contributed by atoms with Crippen molar-refractivity contribution >= 4 is 15.8 Å². The summed E-state index contributed by atoms with van der Waals surface area (Å²) >= 11 is 0. The van der Waals surface area contributed by atoms with E-state index in [2.05, 4.69) is 0 Å². The molecule has 1 spiro atoms. The summed E-state index contributed by atoms with van der Waals surface area (Å²) in [6.45, 7) is 0.584. The third-order valence-corrected chi connectivity index (χ3v) is 7.44. The van der Waals surface area contributed by atoms with Crippen molar-refractivity contribution in [3.8, 4) is 11.8 Å². The topological polar surface area (TPSA) is 87.5 Å². The zero-order chi connectivity index (χ0) is 19.8. The lowest BCUT2D eigenvalue weighted by Gasteiger charge is -2.37. The van der Waals surface area contributed by atoms with E-state index in [1.165, 1.54) is 16.4 Å². The van der Waals surface area contributed by atoms with Crippen LogP contribution in [0.15, 0.2) is 53.4 Å². The first-order valence-electron chi connectivity index (χ1n) is 9.26. The Kier molecular flexibility index (Phi) is 4.69. The number of benzene rings is 2. The zero-order valence-electron chi connectivity index (χ0n) is 15.3. The minimum atomic E-state index is -3.79. The van der Waals surface area contributed by atoms with Crippen molar-refractivity contribution in [1.29, 1.82) is 5.26 Å². The second-order valence-electron chi connectivity index (χ2n) is 7.25. The summed E-state index contributed by atoms with van der Waals surface area (Å²) in [7, 11) is -3.79. The molecule has 6 nitrogen and oxygen atoms in total. The maximum absolute atomic E-state index is 13.1. The van der Waals surface area contributed by atoms with E-state index < -0.39 is 15.6 Å². The van der Waals surface area contributed by atoms with Gasteiger partial charge in [-0.1, -0.05) is 24.3 Å². The summed E-state index contributed by atoms with van der Waals surface area (Å²) in [5.41, 5.74) is 0.0500. The quantitative estimate of drug-likeness (QED) is 0.778. The third-order valence-electron chi connectivity index (χ3n) is 5.48. The molecule has 144 valence electrons. The average Bonchev–Trinajstić information content (AvgIpc) is 2.91. The molecule has 0 bridgehead atoms. The van der Waals surface area contributed by atoms with Gasteiger partial charge < -0.3 is 4.74 Å². The van der Waals surface area contributed by atoms with Crippen molar-refractivity contribution in [2.75, 3.05) is 13.1 Å².